The highest BCUT2D eigenvalue weighted by molar-refractivity contribution is 7.91. The Morgan fingerprint density at radius 2 is 2.32 bits per heavy atom. The molecule has 0 saturated carbocycles. The van der Waals surface area contributed by atoms with Crippen LogP contribution in [0.15, 0.2) is 6.07 Å². The first-order valence-corrected chi connectivity index (χ1v) is 9.10. The van der Waals surface area contributed by atoms with Crippen LogP contribution in [-0.4, -0.2) is 35.6 Å². The van der Waals surface area contributed by atoms with Crippen LogP contribution in [0.1, 0.15) is 24.7 Å². The molecule has 2 heterocycles. The third-order valence-corrected chi connectivity index (χ3v) is 6.08. The van der Waals surface area contributed by atoms with Crippen LogP contribution < -0.4 is 0 Å². The first-order valence-electron chi connectivity index (χ1n) is 6.75. The van der Waals surface area contributed by atoms with Crippen LogP contribution in [0, 0.1) is 18.8 Å². The van der Waals surface area contributed by atoms with Crippen molar-refractivity contribution in [2.45, 2.75) is 33.2 Å². The molecule has 2 rings (SSSR count). The molecule has 0 spiro atoms. The third-order valence-electron chi connectivity index (χ3n) is 3.89. The average molecular weight is 305 g/mol. The Morgan fingerprint density at radius 3 is 2.84 bits per heavy atom. The summed E-state index contributed by atoms with van der Waals surface area (Å²) in [5.74, 6) is 1.54. The van der Waals surface area contributed by atoms with Gasteiger partial charge in [0.2, 0.25) is 0 Å². The minimum atomic E-state index is -2.83. The summed E-state index contributed by atoms with van der Waals surface area (Å²) in [6, 6.07) is 2.08. The molecule has 1 aliphatic rings. The van der Waals surface area contributed by atoms with Gasteiger partial charge in [0.25, 0.3) is 0 Å². The summed E-state index contributed by atoms with van der Waals surface area (Å²) in [6.45, 7) is 4.87. The zero-order chi connectivity index (χ0) is 14.0. The van der Waals surface area contributed by atoms with Crippen LogP contribution in [0.25, 0.3) is 0 Å². The molecule has 0 bridgehead atoms. The number of aromatic nitrogens is 2. The van der Waals surface area contributed by atoms with Crippen molar-refractivity contribution in [3.8, 4) is 0 Å². The highest BCUT2D eigenvalue weighted by Gasteiger charge is 2.33. The van der Waals surface area contributed by atoms with Gasteiger partial charge in [-0.15, -0.1) is 11.6 Å². The summed E-state index contributed by atoms with van der Waals surface area (Å²) in [7, 11) is -2.83. The molecule has 1 aromatic rings. The Bertz CT molecular complexity index is 539. The van der Waals surface area contributed by atoms with Crippen LogP contribution in [-0.2, 0) is 22.8 Å². The molecule has 6 heteroatoms. The van der Waals surface area contributed by atoms with Gasteiger partial charge in [-0.1, -0.05) is 0 Å². The summed E-state index contributed by atoms with van der Waals surface area (Å²) < 4.78 is 25.1. The SMILES string of the molecule is CCn1nc(C)cc1CC(CCl)C1CCS(=O)(=O)C1. The van der Waals surface area contributed by atoms with Crippen molar-refractivity contribution < 1.29 is 8.42 Å². The maximum absolute atomic E-state index is 11.6. The molecule has 4 nitrogen and oxygen atoms in total. The number of halogens is 1. The molecule has 0 N–H and O–H groups in total. The van der Waals surface area contributed by atoms with E-state index < -0.39 is 9.84 Å². The lowest BCUT2D eigenvalue weighted by Crippen LogP contribution is -2.21. The van der Waals surface area contributed by atoms with Crippen molar-refractivity contribution in [3.63, 3.8) is 0 Å². The number of rotatable bonds is 5. The van der Waals surface area contributed by atoms with Crippen molar-refractivity contribution in [2.24, 2.45) is 11.8 Å². The molecule has 1 saturated heterocycles. The summed E-state index contributed by atoms with van der Waals surface area (Å²) in [6.07, 6.45) is 1.57. The van der Waals surface area contributed by atoms with Gasteiger partial charge in [0.15, 0.2) is 9.84 Å². The highest BCUT2D eigenvalue weighted by Crippen LogP contribution is 2.29. The predicted octanol–water partition coefficient (Wildman–Crippen LogP) is 2.04. The van der Waals surface area contributed by atoms with Gasteiger partial charge in [0.05, 0.1) is 17.2 Å². The van der Waals surface area contributed by atoms with E-state index in [2.05, 4.69) is 18.1 Å². The largest absolute Gasteiger partial charge is 0.270 e. The number of hydrogen-bond acceptors (Lipinski definition) is 3. The maximum atomic E-state index is 11.6. The first kappa shape index (κ1) is 14.9. The molecule has 1 fully saturated rings. The molecule has 1 aliphatic heterocycles. The number of alkyl halides is 1. The number of hydrogen-bond donors (Lipinski definition) is 0. The Kier molecular flexibility index (Phi) is 4.56. The molecule has 2 unspecified atom stereocenters. The fourth-order valence-corrected chi connectivity index (χ4v) is 5.13. The second-order valence-corrected chi connectivity index (χ2v) is 7.91. The van der Waals surface area contributed by atoms with E-state index in [-0.39, 0.29) is 11.8 Å². The Hall–Kier alpha value is -0.550. The third kappa shape index (κ3) is 3.51. The monoisotopic (exact) mass is 304 g/mol. The smallest absolute Gasteiger partial charge is 0.150 e. The molecule has 0 aromatic carbocycles. The summed E-state index contributed by atoms with van der Waals surface area (Å²) in [5, 5.41) is 4.43. The van der Waals surface area contributed by atoms with E-state index in [1.807, 2.05) is 11.6 Å². The molecule has 108 valence electrons. The quantitative estimate of drug-likeness (QED) is 0.782. The van der Waals surface area contributed by atoms with Crippen LogP contribution >= 0.6 is 11.6 Å². The van der Waals surface area contributed by atoms with Crippen molar-refractivity contribution >= 4 is 21.4 Å². The van der Waals surface area contributed by atoms with Gasteiger partial charge in [-0.3, -0.25) is 4.68 Å². The normalized spacial score (nSPS) is 23.6. The molecule has 0 aliphatic carbocycles. The van der Waals surface area contributed by atoms with Crippen molar-refractivity contribution in [3.05, 3.63) is 17.5 Å². The van der Waals surface area contributed by atoms with Gasteiger partial charge in [0, 0.05) is 18.1 Å². The summed E-state index contributed by atoms with van der Waals surface area (Å²) >= 11 is 6.07. The van der Waals surface area contributed by atoms with Gasteiger partial charge in [-0.05, 0) is 44.6 Å². The van der Waals surface area contributed by atoms with Gasteiger partial charge >= 0.3 is 0 Å². The second kappa shape index (κ2) is 5.83. The van der Waals surface area contributed by atoms with Crippen LogP contribution in [0.4, 0.5) is 0 Å². The molecule has 0 radical (unpaired) electrons. The second-order valence-electron chi connectivity index (χ2n) is 5.37. The summed E-state index contributed by atoms with van der Waals surface area (Å²) in [5.41, 5.74) is 2.17. The van der Waals surface area contributed by atoms with Gasteiger partial charge in [0.1, 0.15) is 0 Å². The lowest BCUT2D eigenvalue weighted by molar-refractivity contribution is 0.387. The molecule has 1 aromatic heterocycles. The van der Waals surface area contributed by atoms with Gasteiger partial charge in [-0.2, -0.15) is 5.10 Å². The maximum Gasteiger partial charge on any atom is 0.150 e. The fourth-order valence-electron chi connectivity index (χ4n) is 2.85. The lowest BCUT2D eigenvalue weighted by Gasteiger charge is -2.20. The van der Waals surface area contributed by atoms with E-state index in [0.29, 0.717) is 17.4 Å². The number of nitrogens with zero attached hydrogens (tertiary/aromatic N) is 2. The Morgan fingerprint density at radius 1 is 1.58 bits per heavy atom. The molecule has 0 amide bonds. The van der Waals surface area contributed by atoms with E-state index in [0.717, 1.165) is 30.8 Å². The summed E-state index contributed by atoms with van der Waals surface area (Å²) in [4.78, 5) is 0. The zero-order valence-corrected chi connectivity index (χ0v) is 13.0. The van der Waals surface area contributed by atoms with Crippen molar-refractivity contribution in [1.82, 2.24) is 9.78 Å². The molecule has 2 atom stereocenters. The number of aryl methyl sites for hydroxylation is 2. The predicted molar refractivity (Wildman–Crippen MR) is 77.3 cm³/mol. The van der Waals surface area contributed by atoms with E-state index in [1.54, 1.807) is 0 Å². The average Bonchev–Trinajstić information content (AvgIpc) is 2.88. The van der Waals surface area contributed by atoms with Crippen LogP contribution in [0.3, 0.4) is 0 Å². The minimum Gasteiger partial charge on any atom is -0.270 e. The zero-order valence-electron chi connectivity index (χ0n) is 11.5. The van der Waals surface area contributed by atoms with Gasteiger partial charge < -0.3 is 0 Å². The molecular formula is C13H21ClN2O2S. The van der Waals surface area contributed by atoms with Crippen molar-refractivity contribution in [2.75, 3.05) is 17.4 Å². The lowest BCUT2D eigenvalue weighted by atomic mass is 9.89. The van der Waals surface area contributed by atoms with Gasteiger partial charge in [-0.25, -0.2) is 8.42 Å². The fraction of sp³-hybridized carbons (Fsp3) is 0.769. The van der Waals surface area contributed by atoms with E-state index in [9.17, 15) is 8.42 Å². The van der Waals surface area contributed by atoms with E-state index >= 15 is 0 Å². The Labute approximate surface area is 120 Å². The number of sulfone groups is 1. The van der Waals surface area contributed by atoms with E-state index in [4.69, 9.17) is 11.6 Å². The molecular weight excluding hydrogens is 284 g/mol. The first-order chi connectivity index (χ1) is 8.95. The highest BCUT2D eigenvalue weighted by atomic mass is 35.5. The topological polar surface area (TPSA) is 52.0 Å². The minimum absolute atomic E-state index is 0.197. The van der Waals surface area contributed by atoms with Crippen molar-refractivity contribution in [1.29, 1.82) is 0 Å². The van der Waals surface area contributed by atoms with Crippen LogP contribution in [0.5, 0.6) is 0 Å². The standard InChI is InChI=1S/C13H21ClN2O2S/c1-3-16-13(6-10(2)15-16)7-12(8-14)11-4-5-19(17,18)9-11/h6,11-12H,3-5,7-9H2,1-2H3. The molecule has 19 heavy (non-hydrogen) atoms. The van der Waals surface area contributed by atoms with E-state index in [1.165, 1.54) is 0 Å². The van der Waals surface area contributed by atoms with Crippen LogP contribution in [0.2, 0.25) is 0 Å². The Balaban J connectivity index is 2.11.